The summed E-state index contributed by atoms with van der Waals surface area (Å²) in [5, 5.41) is 7.15. The second-order valence-corrected chi connectivity index (χ2v) is 4.61. The predicted octanol–water partition coefficient (Wildman–Crippen LogP) is 3.43. The number of methoxy groups -OCH3 is 1. The molecule has 0 saturated carbocycles. The molecule has 0 fully saturated rings. The van der Waals surface area contributed by atoms with Crippen molar-refractivity contribution in [3.63, 3.8) is 0 Å². The van der Waals surface area contributed by atoms with Gasteiger partial charge in [0.05, 0.1) is 19.1 Å². The van der Waals surface area contributed by atoms with Gasteiger partial charge in [-0.25, -0.2) is 4.79 Å². The van der Waals surface area contributed by atoms with Crippen LogP contribution in [0, 0.1) is 6.92 Å². The molecule has 3 aromatic rings. The van der Waals surface area contributed by atoms with Gasteiger partial charge in [-0.05, 0) is 24.6 Å². The van der Waals surface area contributed by atoms with E-state index < -0.39 is 5.97 Å². The molecule has 0 atom stereocenters. The van der Waals surface area contributed by atoms with E-state index in [9.17, 15) is 4.79 Å². The Morgan fingerprint density at radius 1 is 1.24 bits per heavy atom. The molecule has 0 saturated heterocycles. The van der Waals surface area contributed by atoms with Crippen molar-refractivity contribution in [3.8, 4) is 22.7 Å². The van der Waals surface area contributed by atoms with Crippen LogP contribution in [0.1, 0.15) is 15.9 Å². The molecule has 3 rings (SSSR count). The summed E-state index contributed by atoms with van der Waals surface area (Å²) in [6.07, 6.45) is 1.54. The highest BCUT2D eigenvalue weighted by Gasteiger charge is 2.25. The van der Waals surface area contributed by atoms with Crippen molar-refractivity contribution in [3.05, 3.63) is 53.8 Å². The van der Waals surface area contributed by atoms with Crippen LogP contribution in [0.4, 0.5) is 0 Å². The standard InChI is InChI=1S/C16H14N2O3/c1-10-6-3-4-7-11(10)14-13(16(19)20-2)15(18-17-14)12-8-5-9-21-12/h3-9H,1-2H3,(H,17,18). The first-order valence-electron chi connectivity index (χ1n) is 6.49. The number of aromatic amines is 1. The van der Waals surface area contributed by atoms with E-state index in [0.29, 0.717) is 22.7 Å². The molecule has 1 N–H and O–H groups in total. The summed E-state index contributed by atoms with van der Waals surface area (Å²) >= 11 is 0. The predicted molar refractivity (Wildman–Crippen MR) is 77.8 cm³/mol. The molecule has 5 heteroatoms. The normalized spacial score (nSPS) is 10.6. The summed E-state index contributed by atoms with van der Waals surface area (Å²) in [5.74, 6) is 0.0693. The number of hydrogen-bond acceptors (Lipinski definition) is 4. The van der Waals surface area contributed by atoms with Crippen molar-refractivity contribution < 1.29 is 13.9 Å². The van der Waals surface area contributed by atoms with Gasteiger partial charge < -0.3 is 9.15 Å². The van der Waals surface area contributed by atoms with Crippen LogP contribution in [0.15, 0.2) is 47.1 Å². The SMILES string of the molecule is COC(=O)c1c(-c2ccco2)n[nH]c1-c1ccccc1C. The first kappa shape index (κ1) is 13.2. The molecule has 0 bridgehead atoms. The molecule has 0 aliphatic rings. The third kappa shape index (κ3) is 2.23. The number of nitrogens with zero attached hydrogens (tertiary/aromatic N) is 1. The Morgan fingerprint density at radius 2 is 2.05 bits per heavy atom. The second kappa shape index (κ2) is 5.28. The van der Waals surface area contributed by atoms with Gasteiger partial charge in [-0.2, -0.15) is 5.10 Å². The van der Waals surface area contributed by atoms with Crippen LogP contribution >= 0.6 is 0 Å². The molecule has 0 radical (unpaired) electrons. The lowest BCUT2D eigenvalue weighted by Gasteiger charge is -2.06. The Bertz CT molecular complexity index is 773. The van der Waals surface area contributed by atoms with Crippen molar-refractivity contribution in [2.24, 2.45) is 0 Å². The molecule has 1 aromatic carbocycles. The number of furan rings is 1. The van der Waals surface area contributed by atoms with Crippen LogP contribution in [0.3, 0.4) is 0 Å². The Morgan fingerprint density at radius 3 is 2.71 bits per heavy atom. The summed E-state index contributed by atoms with van der Waals surface area (Å²) in [7, 11) is 1.35. The van der Waals surface area contributed by atoms with Crippen molar-refractivity contribution >= 4 is 5.97 Å². The zero-order chi connectivity index (χ0) is 14.8. The van der Waals surface area contributed by atoms with Crippen LogP contribution in [0.5, 0.6) is 0 Å². The van der Waals surface area contributed by atoms with Crippen molar-refractivity contribution in [2.45, 2.75) is 6.92 Å². The fourth-order valence-corrected chi connectivity index (χ4v) is 2.28. The summed E-state index contributed by atoms with van der Waals surface area (Å²) in [6, 6.07) is 11.3. The molecule has 0 unspecified atom stereocenters. The Kier molecular flexibility index (Phi) is 3.31. The van der Waals surface area contributed by atoms with E-state index in [2.05, 4.69) is 10.2 Å². The molecule has 106 valence electrons. The minimum absolute atomic E-state index is 0.377. The number of H-pyrrole nitrogens is 1. The number of nitrogens with one attached hydrogen (secondary N) is 1. The van der Waals surface area contributed by atoms with Gasteiger partial charge >= 0.3 is 5.97 Å². The zero-order valence-electron chi connectivity index (χ0n) is 11.7. The van der Waals surface area contributed by atoms with Gasteiger partial charge in [0, 0.05) is 5.56 Å². The molecule has 2 heterocycles. The summed E-state index contributed by atoms with van der Waals surface area (Å²) in [4.78, 5) is 12.2. The van der Waals surface area contributed by atoms with Crippen LogP contribution in [-0.2, 0) is 4.74 Å². The van der Waals surface area contributed by atoms with Crippen LogP contribution in [0.25, 0.3) is 22.7 Å². The molecule has 0 aliphatic carbocycles. The molecule has 0 amide bonds. The Balaban J connectivity index is 2.23. The lowest BCUT2D eigenvalue weighted by atomic mass is 10.0. The maximum atomic E-state index is 12.2. The fourth-order valence-electron chi connectivity index (χ4n) is 2.28. The number of hydrogen-bond donors (Lipinski definition) is 1. The molecule has 2 aromatic heterocycles. The maximum Gasteiger partial charge on any atom is 0.342 e. The monoisotopic (exact) mass is 282 g/mol. The van der Waals surface area contributed by atoms with Gasteiger partial charge in [0.25, 0.3) is 0 Å². The van der Waals surface area contributed by atoms with Gasteiger partial charge in [0.2, 0.25) is 0 Å². The molecule has 21 heavy (non-hydrogen) atoms. The largest absolute Gasteiger partial charge is 0.465 e. The van der Waals surface area contributed by atoms with Crippen molar-refractivity contribution in [1.82, 2.24) is 10.2 Å². The lowest BCUT2D eigenvalue weighted by Crippen LogP contribution is -2.04. The lowest BCUT2D eigenvalue weighted by molar-refractivity contribution is 0.0602. The van der Waals surface area contributed by atoms with E-state index in [1.807, 2.05) is 31.2 Å². The van der Waals surface area contributed by atoms with E-state index in [4.69, 9.17) is 9.15 Å². The van der Waals surface area contributed by atoms with Gasteiger partial charge in [-0.15, -0.1) is 0 Å². The van der Waals surface area contributed by atoms with Crippen molar-refractivity contribution in [2.75, 3.05) is 7.11 Å². The first-order chi connectivity index (χ1) is 10.2. The number of benzene rings is 1. The number of aryl methyl sites for hydroxylation is 1. The fraction of sp³-hybridized carbons (Fsp3) is 0.125. The Labute approximate surface area is 121 Å². The Hall–Kier alpha value is -2.82. The van der Waals surface area contributed by atoms with E-state index >= 15 is 0 Å². The topological polar surface area (TPSA) is 68.1 Å². The van der Waals surface area contributed by atoms with Crippen molar-refractivity contribution in [1.29, 1.82) is 0 Å². The molecular weight excluding hydrogens is 268 g/mol. The zero-order valence-corrected chi connectivity index (χ0v) is 11.7. The molecule has 0 spiro atoms. The average Bonchev–Trinajstić information content (AvgIpc) is 3.15. The third-order valence-corrected chi connectivity index (χ3v) is 3.32. The number of ether oxygens (including phenoxy) is 1. The summed E-state index contributed by atoms with van der Waals surface area (Å²) in [6.45, 7) is 1.98. The number of rotatable bonds is 3. The van der Waals surface area contributed by atoms with E-state index in [1.165, 1.54) is 7.11 Å². The third-order valence-electron chi connectivity index (χ3n) is 3.32. The highest BCUT2D eigenvalue weighted by atomic mass is 16.5. The average molecular weight is 282 g/mol. The second-order valence-electron chi connectivity index (χ2n) is 4.61. The number of carbonyl (C=O) groups excluding carboxylic acids is 1. The van der Waals surface area contributed by atoms with Crippen LogP contribution in [0.2, 0.25) is 0 Å². The molecular formula is C16H14N2O3. The van der Waals surface area contributed by atoms with Gasteiger partial charge in [0.15, 0.2) is 5.76 Å². The smallest absolute Gasteiger partial charge is 0.342 e. The highest BCUT2D eigenvalue weighted by Crippen LogP contribution is 2.32. The minimum atomic E-state index is -0.451. The molecule has 0 aliphatic heterocycles. The number of esters is 1. The minimum Gasteiger partial charge on any atom is -0.465 e. The van der Waals surface area contributed by atoms with Gasteiger partial charge in [-0.3, -0.25) is 5.10 Å². The van der Waals surface area contributed by atoms with Crippen LogP contribution in [-0.4, -0.2) is 23.3 Å². The van der Waals surface area contributed by atoms with E-state index in [0.717, 1.165) is 11.1 Å². The number of carbonyl (C=O) groups is 1. The maximum absolute atomic E-state index is 12.2. The summed E-state index contributed by atoms with van der Waals surface area (Å²) in [5.41, 5.74) is 3.40. The van der Waals surface area contributed by atoms with Gasteiger partial charge in [0.1, 0.15) is 11.3 Å². The quantitative estimate of drug-likeness (QED) is 0.747. The first-order valence-corrected chi connectivity index (χ1v) is 6.49. The van der Waals surface area contributed by atoms with E-state index in [1.54, 1.807) is 18.4 Å². The van der Waals surface area contributed by atoms with Crippen LogP contribution < -0.4 is 0 Å². The highest BCUT2D eigenvalue weighted by molar-refractivity contribution is 6.02. The molecule has 5 nitrogen and oxygen atoms in total. The summed E-state index contributed by atoms with van der Waals surface area (Å²) < 4.78 is 10.2. The van der Waals surface area contributed by atoms with E-state index in [-0.39, 0.29) is 0 Å². The number of aromatic nitrogens is 2. The van der Waals surface area contributed by atoms with Gasteiger partial charge in [-0.1, -0.05) is 24.3 Å².